The highest BCUT2D eigenvalue weighted by Crippen LogP contribution is 2.34. The third-order valence-corrected chi connectivity index (χ3v) is 5.93. The molecule has 0 atom stereocenters. The maximum atomic E-state index is 12.6. The number of hydrogen-bond acceptors (Lipinski definition) is 10. The van der Waals surface area contributed by atoms with Gasteiger partial charge in [-0.1, -0.05) is 11.3 Å². The molecule has 4 rings (SSSR count). The first kappa shape index (κ1) is 22.9. The molecule has 34 heavy (non-hydrogen) atoms. The van der Waals surface area contributed by atoms with E-state index in [9.17, 15) is 20.2 Å². The fraction of sp³-hybridized carbons (Fsp3) is 0.273. The van der Waals surface area contributed by atoms with Crippen molar-refractivity contribution in [2.24, 2.45) is 0 Å². The standard InChI is InChI=1S/C22H20N6O5S/c1-2-32-15-5-7-17(18(12-15)28(30)31)19-8-6-16(33-19)11-14(13-23)20(29)24-21-25-26-22(34-21)27-9-3-4-10-27/h5-8,11-12H,2-4,9-10H2,1H3,(H,24,25,29). The lowest BCUT2D eigenvalue weighted by atomic mass is 10.1. The van der Waals surface area contributed by atoms with Crippen molar-refractivity contribution in [3.05, 3.63) is 51.8 Å². The summed E-state index contributed by atoms with van der Waals surface area (Å²) in [6.07, 6.45) is 3.45. The maximum Gasteiger partial charge on any atom is 0.284 e. The molecule has 0 aliphatic carbocycles. The van der Waals surface area contributed by atoms with Gasteiger partial charge >= 0.3 is 0 Å². The average Bonchev–Trinajstić information content (AvgIpc) is 3.59. The average molecular weight is 481 g/mol. The number of ether oxygens (including phenoxy) is 1. The number of hydrogen-bond donors (Lipinski definition) is 1. The van der Waals surface area contributed by atoms with Crippen LogP contribution in [-0.4, -0.2) is 40.7 Å². The summed E-state index contributed by atoms with van der Waals surface area (Å²) in [5, 5.41) is 32.7. The number of rotatable bonds is 8. The van der Waals surface area contributed by atoms with Crippen LogP contribution in [0.25, 0.3) is 17.4 Å². The van der Waals surface area contributed by atoms with Gasteiger partial charge in [-0.2, -0.15) is 5.26 Å². The number of nitriles is 1. The summed E-state index contributed by atoms with van der Waals surface area (Å²) in [4.78, 5) is 25.7. The van der Waals surface area contributed by atoms with E-state index in [2.05, 4.69) is 20.4 Å². The van der Waals surface area contributed by atoms with Gasteiger partial charge in [0.2, 0.25) is 10.3 Å². The molecule has 0 unspecified atom stereocenters. The van der Waals surface area contributed by atoms with Crippen LogP contribution < -0.4 is 15.0 Å². The van der Waals surface area contributed by atoms with Gasteiger partial charge in [0.15, 0.2) is 0 Å². The van der Waals surface area contributed by atoms with E-state index < -0.39 is 10.8 Å². The minimum atomic E-state index is -0.656. The van der Waals surface area contributed by atoms with E-state index >= 15 is 0 Å². The fourth-order valence-corrected chi connectivity index (χ4v) is 4.25. The number of benzene rings is 1. The molecule has 1 saturated heterocycles. The Kier molecular flexibility index (Phi) is 6.84. The first-order valence-electron chi connectivity index (χ1n) is 10.5. The first-order chi connectivity index (χ1) is 16.5. The quantitative estimate of drug-likeness (QED) is 0.216. The molecule has 1 fully saturated rings. The van der Waals surface area contributed by atoms with Crippen LogP contribution in [0.4, 0.5) is 16.0 Å². The van der Waals surface area contributed by atoms with Gasteiger partial charge in [-0.15, -0.1) is 10.2 Å². The molecule has 1 amide bonds. The summed E-state index contributed by atoms with van der Waals surface area (Å²) in [6.45, 7) is 3.96. The number of nitrogens with zero attached hydrogens (tertiary/aromatic N) is 5. The normalized spacial score (nSPS) is 13.5. The monoisotopic (exact) mass is 480 g/mol. The highest BCUT2D eigenvalue weighted by molar-refractivity contribution is 7.19. The second kappa shape index (κ2) is 10.1. The topological polar surface area (TPSA) is 147 Å². The number of aromatic nitrogens is 2. The summed E-state index contributed by atoms with van der Waals surface area (Å²) < 4.78 is 11.0. The fourth-order valence-electron chi connectivity index (χ4n) is 3.46. The second-order valence-corrected chi connectivity index (χ2v) is 8.23. The summed E-state index contributed by atoms with van der Waals surface area (Å²) in [6, 6.07) is 9.36. The zero-order valence-corrected chi connectivity index (χ0v) is 19.0. The van der Waals surface area contributed by atoms with Crippen molar-refractivity contribution >= 4 is 39.3 Å². The van der Waals surface area contributed by atoms with Gasteiger partial charge < -0.3 is 14.1 Å². The molecular formula is C22H20N6O5S. The number of carbonyl (C=O) groups excluding carboxylic acids is 1. The van der Waals surface area contributed by atoms with Gasteiger partial charge in [-0.3, -0.25) is 20.2 Å². The lowest BCUT2D eigenvalue weighted by Gasteiger charge is -2.10. The zero-order valence-electron chi connectivity index (χ0n) is 18.2. The Morgan fingerprint density at radius 3 is 2.85 bits per heavy atom. The molecule has 1 aromatic carbocycles. The van der Waals surface area contributed by atoms with Crippen molar-refractivity contribution in [3.63, 3.8) is 0 Å². The van der Waals surface area contributed by atoms with E-state index in [0.29, 0.717) is 12.4 Å². The molecule has 0 bridgehead atoms. The Bertz CT molecular complexity index is 1280. The van der Waals surface area contributed by atoms with E-state index in [1.807, 2.05) is 6.07 Å². The molecule has 0 spiro atoms. The lowest BCUT2D eigenvalue weighted by molar-refractivity contribution is -0.384. The van der Waals surface area contributed by atoms with E-state index in [0.717, 1.165) is 31.1 Å². The van der Waals surface area contributed by atoms with Gasteiger partial charge in [-0.05, 0) is 44.0 Å². The van der Waals surface area contributed by atoms with E-state index in [1.165, 1.54) is 41.7 Å². The Hall–Kier alpha value is -4.24. The summed E-state index contributed by atoms with van der Waals surface area (Å²) in [5.74, 6) is 0.132. The molecular weight excluding hydrogens is 460 g/mol. The smallest absolute Gasteiger partial charge is 0.284 e. The Balaban J connectivity index is 1.52. The molecule has 2 aromatic heterocycles. The maximum absolute atomic E-state index is 12.6. The predicted octanol–water partition coefficient (Wildman–Crippen LogP) is 4.25. The van der Waals surface area contributed by atoms with Crippen LogP contribution in [0.1, 0.15) is 25.5 Å². The van der Waals surface area contributed by atoms with Gasteiger partial charge in [0.1, 0.15) is 28.9 Å². The molecule has 3 aromatic rings. The summed E-state index contributed by atoms with van der Waals surface area (Å²) >= 11 is 1.24. The molecule has 11 nitrogen and oxygen atoms in total. The predicted molar refractivity (Wildman–Crippen MR) is 126 cm³/mol. The number of anilines is 2. The molecule has 3 heterocycles. The van der Waals surface area contributed by atoms with Crippen LogP contribution in [0.3, 0.4) is 0 Å². The number of furan rings is 1. The molecule has 0 saturated carbocycles. The Morgan fingerprint density at radius 1 is 1.35 bits per heavy atom. The van der Waals surface area contributed by atoms with Gasteiger partial charge in [-0.25, -0.2) is 0 Å². The minimum absolute atomic E-state index is 0.181. The third kappa shape index (κ3) is 5.05. The van der Waals surface area contributed by atoms with Crippen molar-refractivity contribution in [1.29, 1.82) is 5.26 Å². The minimum Gasteiger partial charge on any atom is -0.494 e. The highest BCUT2D eigenvalue weighted by atomic mass is 32.1. The van der Waals surface area contributed by atoms with Crippen molar-refractivity contribution in [2.45, 2.75) is 19.8 Å². The number of carbonyl (C=O) groups is 1. The van der Waals surface area contributed by atoms with Crippen LogP contribution >= 0.6 is 11.3 Å². The largest absolute Gasteiger partial charge is 0.494 e. The second-order valence-electron chi connectivity index (χ2n) is 7.28. The zero-order chi connectivity index (χ0) is 24.1. The van der Waals surface area contributed by atoms with Gasteiger partial charge in [0, 0.05) is 19.2 Å². The number of nitrogens with one attached hydrogen (secondary N) is 1. The van der Waals surface area contributed by atoms with Gasteiger partial charge in [0.05, 0.1) is 23.2 Å². The highest BCUT2D eigenvalue weighted by Gasteiger charge is 2.21. The number of nitro groups is 1. The van der Waals surface area contributed by atoms with E-state index in [1.54, 1.807) is 13.0 Å². The van der Waals surface area contributed by atoms with E-state index in [4.69, 9.17) is 9.15 Å². The Morgan fingerprint density at radius 2 is 2.15 bits per heavy atom. The summed E-state index contributed by atoms with van der Waals surface area (Å²) in [7, 11) is 0. The van der Waals surface area contributed by atoms with E-state index in [-0.39, 0.29) is 33.5 Å². The molecule has 1 N–H and O–H groups in total. The van der Waals surface area contributed by atoms with Crippen LogP contribution in [0.2, 0.25) is 0 Å². The summed E-state index contributed by atoms with van der Waals surface area (Å²) in [5.41, 5.74) is -0.140. The molecule has 1 aliphatic heterocycles. The van der Waals surface area contributed by atoms with Gasteiger partial charge in [0.25, 0.3) is 11.6 Å². The third-order valence-electron chi connectivity index (χ3n) is 5.03. The van der Waals surface area contributed by atoms with Crippen LogP contribution in [0, 0.1) is 21.4 Å². The Labute approximate surface area is 198 Å². The first-order valence-corrected chi connectivity index (χ1v) is 11.3. The molecule has 1 aliphatic rings. The van der Waals surface area contributed by atoms with Crippen LogP contribution in [-0.2, 0) is 4.79 Å². The SMILES string of the molecule is CCOc1ccc(-c2ccc(C=C(C#N)C(=O)Nc3nnc(N4CCCC4)s3)o2)c([N+](=O)[O-])c1. The molecule has 0 radical (unpaired) electrons. The molecule has 174 valence electrons. The number of amides is 1. The number of nitro benzene ring substituents is 1. The van der Waals surface area contributed by atoms with Crippen molar-refractivity contribution in [2.75, 3.05) is 29.9 Å². The van der Waals surface area contributed by atoms with Crippen LogP contribution in [0.5, 0.6) is 5.75 Å². The van der Waals surface area contributed by atoms with Crippen molar-refractivity contribution in [3.8, 4) is 23.1 Å². The van der Waals surface area contributed by atoms with Crippen molar-refractivity contribution < 1.29 is 18.9 Å². The lowest BCUT2D eigenvalue weighted by Crippen LogP contribution is -2.17. The van der Waals surface area contributed by atoms with Crippen molar-refractivity contribution in [1.82, 2.24) is 10.2 Å². The molecule has 12 heteroatoms. The van der Waals surface area contributed by atoms with Crippen LogP contribution in [0.15, 0.2) is 40.3 Å².